The van der Waals surface area contributed by atoms with Gasteiger partial charge in [0.25, 0.3) is 0 Å². The Kier molecular flexibility index (Phi) is 6.21. The largest absolute Gasteiger partial charge is 0.393 e. The van der Waals surface area contributed by atoms with Crippen molar-refractivity contribution in [3.63, 3.8) is 0 Å². The number of hydrogen-bond donors (Lipinski definition) is 2. The molecule has 2 rings (SSSR count). The first-order valence-electron chi connectivity index (χ1n) is 7.25. The minimum absolute atomic E-state index is 0.0729. The number of aliphatic hydroxyl groups excluding tert-OH is 1. The fourth-order valence-electron chi connectivity index (χ4n) is 2.88. The highest BCUT2D eigenvalue weighted by atomic mass is 32.2. The molecular formula is C16H25NOS. The first-order valence-corrected chi connectivity index (χ1v) is 8.64. The summed E-state index contributed by atoms with van der Waals surface area (Å²) in [5.41, 5.74) is 1.37. The van der Waals surface area contributed by atoms with Crippen molar-refractivity contribution >= 4 is 11.8 Å². The second-order valence-electron chi connectivity index (χ2n) is 5.51. The van der Waals surface area contributed by atoms with Crippen LogP contribution in [-0.4, -0.2) is 29.8 Å². The van der Waals surface area contributed by atoms with Crippen molar-refractivity contribution in [2.24, 2.45) is 5.92 Å². The van der Waals surface area contributed by atoms with Crippen molar-refractivity contribution in [2.45, 2.75) is 37.8 Å². The van der Waals surface area contributed by atoms with Crippen LogP contribution in [0.15, 0.2) is 30.3 Å². The molecular weight excluding hydrogens is 254 g/mol. The van der Waals surface area contributed by atoms with E-state index in [4.69, 9.17) is 0 Å². The molecule has 3 unspecified atom stereocenters. The SMILES string of the molecule is CSCC(NCC1CCCC(O)C1)c1ccccc1. The summed E-state index contributed by atoms with van der Waals surface area (Å²) in [7, 11) is 0. The van der Waals surface area contributed by atoms with E-state index in [-0.39, 0.29) is 6.10 Å². The van der Waals surface area contributed by atoms with E-state index in [1.54, 1.807) is 0 Å². The Hall–Kier alpha value is -0.510. The second-order valence-corrected chi connectivity index (χ2v) is 6.42. The van der Waals surface area contributed by atoms with Crippen LogP contribution in [0.3, 0.4) is 0 Å². The van der Waals surface area contributed by atoms with Crippen LogP contribution in [0.5, 0.6) is 0 Å². The van der Waals surface area contributed by atoms with Crippen molar-refractivity contribution in [1.29, 1.82) is 0 Å². The van der Waals surface area contributed by atoms with Gasteiger partial charge in [-0.25, -0.2) is 0 Å². The number of aliphatic hydroxyl groups is 1. The lowest BCUT2D eigenvalue weighted by Gasteiger charge is -2.28. The first kappa shape index (κ1) is 14.9. The smallest absolute Gasteiger partial charge is 0.0543 e. The summed E-state index contributed by atoms with van der Waals surface area (Å²) < 4.78 is 0. The van der Waals surface area contributed by atoms with Gasteiger partial charge in [0.2, 0.25) is 0 Å². The van der Waals surface area contributed by atoms with Gasteiger partial charge in [-0.3, -0.25) is 0 Å². The lowest BCUT2D eigenvalue weighted by Crippen LogP contribution is -2.32. The van der Waals surface area contributed by atoms with E-state index in [0.717, 1.165) is 25.1 Å². The van der Waals surface area contributed by atoms with Gasteiger partial charge in [0.1, 0.15) is 0 Å². The van der Waals surface area contributed by atoms with Crippen LogP contribution in [0, 0.1) is 5.92 Å². The van der Waals surface area contributed by atoms with Crippen LogP contribution in [-0.2, 0) is 0 Å². The Morgan fingerprint density at radius 3 is 2.79 bits per heavy atom. The van der Waals surface area contributed by atoms with Gasteiger partial charge in [0, 0.05) is 11.8 Å². The molecule has 106 valence electrons. The van der Waals surface area contributed by atoms with E-state index in [2.05, 4.69) is 41.9 Å². The van der Waals surface area contributed by atoms with Crippen molar-refractivity contribution in [1.82, 2.24) is 5.32 Å². The van der Waals surface area contributed by atoms with Gasteiger partial charge in [-0.1, -0.05) is 36.8 Å². The topological polar surface area (TPSA) is 32.3 Å². The summed E-state index contributed by atoms with van der Waals surface area (Å²) >= 11 is 1.88. The van der Waals surface area contributed by atoms with Gasteiger partial charge in [0.15, 0.2) is 0 Å². The maximum Gasteiger partial charge on any atom is 0.0543 e. The summed E-state index contributed by atoms with van der Waals surface area (Å²) in [5, 5.41) is 13.4. The summed E-state index contributed by atoms with van der Waals surface area (Å²) in [6.45, 7) is 1.02. The van der Waals surface area contributed by atoms with Crippen molar-refractivity contribution in [3.8, 4) is 0 Å². The molecule has 0 bridgehead atoms. The summed E-state index contributed by atoms with van der Waals surface area (Å²) in [6.07, 6.45) is 6.46. The van der Waals surface area contributed by atoms with Crippen LogP contribution in [0.1, 0.15) is 37.3 Å². The van der Waals surface area contributed by atoms with Crippen LogP contribution < -0.4 is 5.32 Å². The number of thioether (sulfide) groups is 1. The average Bonchev–Trinajstić information content (AvgIpc) is 2.44. The molecule has 3 atom stereocenters. The third-order valence-corrected chi connectivity index (χ3v) is 4.61. The Bertz CT molecular complexity index is 357. The molecule has 0 aliphatic heterocycles. The Labute approximate surface area is 121 Å². The van der Waals surface area contributed by atoms with E-state index >= 15 is 0 Å². The van der Waals surface area contributed by atoms with Crippen LogP contribution in [0.2, 0.25) is 0 Å². The van der Waals surface area contributed by atoms with Crippen molar-refractivity contribution < 1.29 is 5.11 Å². The molecule has 2 N–H and O–H groups in total. The number of benzene rings is 1. The zero-order chi connectivity index (χ0) is 13.5. The monoisotopic (exact) mass is 279 g/mol. The maximum atomic E-state index is 9.73. The highest BCUT2D eigenvalue weighted by Crippen LogP contribution is 2.25. The molecule has 3 heteroatoms. The lowest BCUT2D eigenvalue weighted by molar-refractivity contribution is 0.0998. The standard InChI is InChI=1S/C16H25NOS/c1-19-12-16(14-7-3-2-4-8-14)17-11-13-6-5-9-15(18)10-13/h2-4,7-8,13,15-18H,5-6,9-12H2,1H3. The molecule has 1 aliphatic rings. The summed E-state index contributed by atoms with van der Waals surface area (Å²) in [6, 6.07) is 11.1. The van der Waals surface area contributed by atoms with Gasteiger partial charge < -0.3 is 10.4 Å². The van der Waals surface area contributed by atoms with Gasteiger partial charge in [-0.05, 0) is 43.5 Å². The molecule has 0 radical (unpaired) electrons. The molecule has 1 fully saturated rings. The predicted octanol–water partition coefficient (Wildman–Crippen LogP) is 3.23. The lowest BCUT2D eigenvalue weighted by atomic mass is 9.87. The predicted molar refractivity (Wildman–Crippen MR) is 83.5 cm³/mol. The minimum atomic E-state index is -0.0729. The molecule has 1 saturated carbocycles. The van der Waals surface area contributed by atoms with Gasteiger partial charge >= 0.3 is 0 Å². The fraction of sp³-hybridized carbons (Fsp3) is 0.625. The molecule has 0 heterocycles. The normalized spacial score (nSPS) is 25.2. The molecule has 1 aliphatic carbocycles. The highest BCUT2D eigenvalue weighted by Gasteiger charge is 2.21. The molecule has 0 spiro atoms. The second kappa shape index (κ2) is 7.93. The Morgan fingerprint density at radius 1 is 1.32 bits per heavy atom. The highest BCUT2D eigenvalue weighted by molar-refractivity contribution is 7.98. The van der Waals surface area contributed by atoms with Crippen LogP contribution >= 0.6 is 11.8 Å². The Morgan fingerprint density at radius 2 is 2.11 bits per heavy atom. The third-order valence-electron chi connectivity index (χ3n) is 3.94. The molecule has 0 saturated heterocycles. The molecule has 1 aromatic rings. The molecule has 0 amide bonds. The number of hydrogen-bond acceptors (Lipinski definition) is 3. The molecule has 19 heavy (non-hydrogen) atoms. The fourth-order valence-corrected chi connectivity index (χ4v) is 3.53. The third kappa shape index (κ3) is 4.83. The quantitative estimate of drug-likeness (QED) is 0.838. The van der Waals surface area contributed by atoms with E-state index < -0.39 is 0 Å². The van der Waals surface area contributed by atoms with Crippen LogP contribution in [0.25, 0.3) is 0 Å². The minimum Gasteiger partial charge on any atom is -0.393 e. The van der Waals surface area contributed by atoms with Crippen molar-refractivity contribution in [3.05, 3.63) is 35.9 Å². The van der Waals surface area contributed by atoms with E-state index in [9.17, 15) is 5.11 Å². The number of nitrogens with one attached hydrogen (secondary N) is 1. The average molecular weight is 279 g/mol. The molecule has 2 nitrogen and oxygen atoms in total. The molecule has 1 aromatic carbocycles. The van der Waals surface area contributed by atoms with Gasteiger partial charge in [-0.15, -0.1) is 0 Å². The van der Waals surface area contributed by atoms with Gasteiger partial charge in [0.05, 0.1) is 6.10 Å². The zero-order valence-corrected chi connectivity index (χ0v) is 12.5. The van der Waals surface area contributed by atoms with E-state index in [1.165, 1.54) is 18.4 Å². The first-order chi connectivity index (χ1) is 9.29. The zero-order valence-electron chi connectivity index (χ0n) is 11.7. The van der Waals surface area contributed by atoms with Crippen LogP contribution in [0.4, 0.5) is 0 Å². The van der Waals surface area contributed by atoms with Gasteiger partial charge in [-0.2, -0.15) is 11.8 Å². The summed E-state index contributed by atoms with van der Waals surface area (Å²) in [4.78, 5) is 0. The Balaban J connectivity index is 1.86. The molecule has 0 aromatic heterocycles. The summed E-state index contributed by atoms with van der Waals surface area (Å²) in [5.74, 6) is 1.73. The van der Waals surface area contributed by atoms with E-state index in [1.807, 2.05) is 11.8 Å². The number of rotatable bonds is 6. The van der Waals surface area contributed by atoms with Crippen molar-refractivity contribution in [2.75, 3.05) is 18.6 Å². The maximum absolute atomic E-state index is 9.73. The van der Waals surface area contributed by atoms with E-state index in [0.29, 0.717) is 12.0 Å².